The predicted molar refractivity (Wildman–Crippen MR) is 75.0 cm³/mol. The summed E-state index contributed by atoms with van der Waals surface area (Å²) in [6.45, 7) is 2.23. The van der Waals surface area contributed by atoms with Gasteiger partial charge < -0.3 is 9.47 Å². The zero-order valence-electron chi connectivity index (χ0n) is 11.9. The Morgan fingerprint density at radius 2 is 2.00 bits per heavy atom. The van der Waals surface area contributed by atoms with Gasteiger partial charge in [0.25, 0.3) is 0 Å². The lowest BCUT2D eigenvalue weighted by Gasteiger charge is -2.26. The Balaban J connectivity index is 2.22. The Kier molecular flexibility index (Phi) is 4.46. The molecule has 1 aliphatic carbocycles. The third kappa shape index (κ3) is 3.09. The molecule has 2 unspecified atom stereocenters. The van der Waals surface area contributed by atoms with Crippen molar-refractivity contribution in [2.45, 2.75) is 32.6 Å². The number of hydrogen-bond donors (Lipinski definition) is 0. The SMILES string of the molecule is COc1ccc(C(=O)C2CCCC(C)C2)c(OC)c1. The fourth-order valence-electron chi connectivity index (χ4n) is 2.89. The van der Waals surface area contributed by atoms with Crippen LogP contribution in [-0.2, 0) is 0 Å². The van der Waals surface area contributed by atoms with E-state index < -0.39 is 0 Å². The van der Waals surface area contributed by atoms with E-state index in [4.69, 9.17) is 9.47 Å². The number of carbonyl (C=O) groups excluding carboxylic acids is 1. The second-order valence-corrected chi connectivity index (χ2v) is 5.40. The molecule has 104 valence electrons. The van der Waals surface area contributed by atoms with Crippen LogP contribution in [-0.4, -0.2) is 20.0 Å². The third-order valence-electron chi connectivity index (χ3n) is 3.98. The van der Waals surface area contributed by atoms with Gasteiger partial charge in [-0.3, -0.25) is 4.79 Å². The number of ketones is 1. The maximum Gasteiger partial charge on any atom is 0.169 e. The number of rotatable bonds is 4. The largest absolute Gasteiger partial charge is 0.497 e. The highest BCUT2D eigenvalue weighted by molar-refractivity contribution is 6.00. The maximum absolute atomic E-state index is 12.6. The monoisotopic (exact) mass is 262 g/mol. The van der Waals surface area contributed by atoms with E-state index in [1.165, 1.54) is 6.42 Å². The van der Waals surface area contributed by atoms with E-state index in [0.717, 1.165) is 19.3 Å². The molecule has 0 amide bonds. The molecule has 0 bridgehead atoms. The lowest BCUT2D eigenvalue weighted by molar-refractivity contribution is 0.0865. The van der Waals surface area contributed by atoms with Crippen LogP contribution < -0.4 is 9.47 Å². The second-order valence-electron chi connectivity index (χ2n) is 5.40. The zero-order valence-corrected chi connectivity index (χ0v) is 11.9. The van der Waals surface area contributed by atoms with Gasteiger partial charge in [-0.1, -0.05) is 19.8 Å². The van der Waals surface area contributed by atoms with Gasteiger partial charge in [-0.2, -0.15) is 0 Å². The molecule has 2 rings (SSSR count). The highest BCUT2D eigenvalue weighted by atomic mass is 16.5. The normalized spacial score (nSPS) is 22.9. The van der Waals surface area contributed by atoms with Gasteiger partial charge in [0, 0.05) is 12.0 Å². The first-order chi connectivity index (χ1) is 9.15. The lowest BCUT2D eigenvalue weighted by atomic mass is 9.78. The fourth-order valence-corrected chi connectivity index (χ4v) is 2.89. The van der Waals surface area contributed by atoms with Crippen LogP contribution in [0.5, 0.6) is 11.5 Å². The van der Waals surface area contributed by atoms with Crippen LogP contribution >= 0.6 is 0 Å². The molecule has 0 spiro atoms. The number of Topliss-reactive ketones (excluding diaryl/α,β-unsaturated/α-hetero) is 1. The van der Waals surface area contributed by atoms with Gasteiger partial charge in [0.05, 0.1) is 19.8 Å². The summed E-state index contributed by atoms with van der Waals surface area (Å²) in [6.07, 6.45) is 4.38. The van der Waals surface area contributed by atoms with E-state index >= 15 is 0 Å². The molecule has 1 fully saturated rings. The Bertz CT molecular complexity index is 453. The van der Waals surface area contributed by atoms with Crippen LogP contribution in [0.3, 0.4) is 0 Å². The average molecular weight is 262 g/mol. The summed E-state index contributed by atoms with van der Waals surface area (Å²) in [5.74, 6) is 2.33. The topological polar surface area (TPSA) is 35.5 Å². The number of hydrogen-bond acceptors (Lipinski definition) is 3. The van der Waals surface area contributed by atoms with Gasteiger partial charge in [-0.05, 0) is 30.9 Å². The number of benzene rings is 1. The summed E-state index contributed by atoms with van der Waals surface area (Å²) in [7, 11) is 3.20. The van der Waals surface area contributed by atoms with Crippen molar-refractivity contribution >= 4 is 5.78 Å². The first-order valence-electron chi connectivity index (χ1n) is 6.92. The van der Waals surface area contributed by atoms with Crippen molar-refractivity contribution in [2.24, 2.45) is 11.8 Å². The zero-order chi connectivity index (χ0) is 13.8. The van der Waals surface area contributed by atoms with Crippen molar-refractivity contribution in [1.82, 2.24) is 0 Å². The summed E-state index contributed by atoms with van der Waals surface area (Å²) in [5, 5.41) is 0. The lowest BCUT2D eigenvalue weighted by Crippen LogP contribution is -2.22. The Labute approximate surface area is 114 Å². The van der Waals surface area contributed by atoms with E-state index in [1.807, 2.05) is 12.1 Å². The van der Waals surface area contributed by atoms with E-state index in [0.29, 0.717) is 23.0 Å². The highest BCUT2D eigenvalue weighted by Gasteiger charge is 2.27. The molecule has 1 aromatic carbocycles. The van der Waals surface area contributed by atoms with Crippen LogP contribution in [0, 0.1) is 11.8 Å². The van der Waals surface area contributed by atoms with E-state index in [-0.39, 0.29) is 11.7 Å². The van der Waals surface area contributed by atoms with E-state index in [9.17, 15) is 4.79 Å². The van der Waals surface area contributed by atoms with Crippen molar-refractivity contribution in [3.05, 3.63) is 23.8 Å². The third-order valence-corrected chi connectivity index (χ3v) is 3.98. The predicted octanol–water partition coefficient (Wildman–Crippen LogP) is 3.71. The molecule has 0 heterocycles. The molecule has 1 aliphatic rings. The average Bonchev–Trinajstić information content (AvgIpc) is 2.45. The molecular formula is C16H22O3. The van der Waals surface area contributed by atoms with Crippen molar-refractivity contribution in [1.29, 1.82) is 0 Å². The molecule has 1 aromatic rings. The van der Waals surface area contributed by atoms with Crippen molar-refractivity contribution in [2.75, 3.05) is 14.2 Å². The van der Waals surface area contributed by atoms with Crippen LogP contribution in [0.25, 0.3) is 0 Å². The van der Waals surface area contributed by atoms with Gasteiger partial charge in [0.15, 0.2) is 5.78 Å². The Morgan fingerprint density at radius 3 is 2.63 bits per heavy atom. The minimum atomic E-state index is 0.144. The quantitative estimate of drug-likeness (QED) is 0.776. The number of carbonyl (C=O) groups is 1. The van der Waals surface area contributed by atoms with Crippen LogP contribution in [0.1, 0.15) is 43.0 Å². The molecular weight excluding hydrogens is 240 g/mol. The number of ether oxygens (including phenoxy) is 2. The van der Waals surface area contributed by atoms with Gasteiger partial charge in [0.2, 0.25) is 0 Å². The second kappa shape index (κ2) is 6.09. The summed E-state index contributed by atoms with van der Waals surface area (Å²) in [4.78, 5) is 12.6. The smallest absolute Gasteiger partial charge is 0.169 e. The standard InChI is InChI=1S/C16H22O3/c1-11-5-4-6-12(9-11)16(17)14-8-7-13(18-2)10-15(14)19-3/h7-8,10-12H,4-6,9H2,1-3H3. The van der Waals surface area contributed by atoms with Gasteiger partial charge in [0.1, 0.15) is 11.5 Å². The van der Waals surface area contributed by atoms with Gasteiger partial charge in [-0.25, -0.2) is 0 Å². The van der Waals surface area contributed by atoms with Crippen LogP contribution in [0.15, 0.2) is 18.2 Å². The molecule has 0 N–H and O–H groups in total. The fraction of sp³-hybridized carbons (Fsp3) is 0.562. The van der Waals surface area contributed by atoms with Crippen LogP contribution in [0.4, 0.5) is 0 Å². The Morgan fingerprint density at radius 1 is 1.21 bits per heavy atom. The van der Waals surface area contributed by atoms with Crippen molar-refractivity contribution < 1.29 is 14.3 Å². The summed E-state index contributed by atoms with van der Waals surface area (Å²) >= 11 is 0. The summed E-state index contributed by atoms with van der Waals surface area (Å²) < 4.78 is 10.5. The number of methoxy groups -OCH3 is 2. The summed E-state index contributed by atoms with van der Waals surface area (Å²) in [6, 6.07) is 5.42. The molecule has 0 aliphatic heterocycles. The highest BCUT2D eigenvalue weighted by Crippen LogP contribution is 2.34. The minimum Gasteiger partial charge on any atom is -0.497 e. The maximum atomic E-state index is 12.6. The molecule has 1 saturated carbocycles. The molecule has 19 heavy (non-hydrogen) atoms. The van der Waals surface area contributed by atoms with Crippen molar-refractivity contribution in [3.63, 3.8) is 0 Å². The van der Waals surface area contributed by atoms with E-state index in [2.05, 4.69) is 6.92 Å². The molecule has 0 radical (unpaired) electrons. The van der Waals surface area contributed by atoms with E-state index in [1.54, 1.807) is 20.3 Å². The molecule has 0 saturated heterocycles. The molecule has 2 atom stereocenters. The molecule has 0 aromatic heterocycles. The Hall–Kier alpha value is -1.51. The van der Waals surface area contributed by atoms with Crippen LogP contribution in [0.2, 0.25) is 0 Å². The minimum absolute atomic E-state index is 0.144. The van der Waals surface area contributed by atoms with Crippen molar-refractivity contribution in [3.8, 4) is 11.5 Å². The first-order valence-corrected chi connectivity index (χ1v) is 6.92. The molecule has 3 nitrogen and oxygen atoms in total. The first kappa shape index (κ1) is 13.9. The van der Waals surface area contributed by atoms with Gasteiger partial charge >= 0.3 is 0 Å². The van der Waals surface area contributed by atoms with Gasteiger partial charge in [-0.15, -0.1) is 0 Å². The molecule has 3 heteroatoms. The summed E-state index contributed by atoms with van der Waals surface area (Å²) in [5.41, 5.74) is 0.683.